The zero-order valence-corrected chi connectivity index (χ0v) is 13.8. The van der Waals surface area contributed by atoms with Gasteiger partial charge in [0.05, 0.1) is 5.02 Å². The van der Waals surface area contributed by atoms with E-state index in [1.807, 2.05) is 12.3 Å². The average molecular weight is 296 g/mol. The molecule has 0 radical (unpaired) electrons. The zero-order valence-electron chi connectivity index (χ0n) is 13.0. The molecule has 3 nitrogen and oxygen atoms in total. The van der Waals surface area contributed by atoms with Crippen molar-refractivity contribution in [3.8, 4) is 0 Å². The number of hydrogen-bond acceptors (Lipinski definition) is 3. The van der Waals surface area contributed by atoms with Crippen molar-refractivity contribution < 1.29 is 0 Å². The van der Waals surface area contributed by atoms with Crippen molar-refractivity contribution in [2.45, 2.75) is 52.6 Å². The van der Waals surface area contributed by atoms with E-state index in [1.165, 1.54) is 12.8 Å². The Balaban J connectivity index is 2.04. The van der Waals surface area contributed by atoms with Gasteiger partial charge in [-0.25, -0.2) is 4.98 Å². The summed E-state index contributed by atoms with van der Waals surface area (Å²) < 4.78 is 0. The highest BCUT2D eigenvalue weighted by molar-refractivity contribution is 6.33. The molecule has 1 aromatic heterocycles. The SMILES string of the molecule is CCN(CC1CC1)c1ncc(CNC(C)(C)C)cc1Cl. The Labute approximate surface area is 127 Å². The third-order valence-electron chi connectivity index (χ3n) is 3.56. The van der Waals surface area contributed by atoms with E-state index in [-0.39, 0.29) is 5.54 Å². The minimum Gasteiger partial charge on any atom is -0.355 e. The second-order valence-corrected chi connectivity index (χ2v) is 7.14. The van der Waals surface area contributed by atoms with E-state index < -0.39 is 0 Å². The van der Waals surface area contributed by atoms with Gasteiger partial charge in [0.1, 0.15) is 5.82 Å². The molecule has 0 spiro atoms. The zero-order chi connectivity index (χ0) is 14.8. The van der Waals surface area contributed by atoms with Crippen LogP contribution in [0.25, 0.3) is 0 Å². The van der Waals surface area contributed by atoms with Gasteiger partial charge in [0.15, 0.2) is 0 Å². The van der Waals surface area contributed by atoms with E-state index in [2.05, 4.69) is 42.9 Å². The predicted octanol–water partition coefficient (Wildman–Crippen LogP) is 3.86. The first-order chi connectivity index (χ1) is 9.39. The largest absolute Gasteiger partial charge is 0.355 e. The van der Waals surface area contributed by atoms with Crippen molar-refractivity contribution in [2.75, 3.05) is 18.0 Å². The second-order valence-electron chi connectivity index (χ2n) is 6.73. The normalized spacial score (nSPS) is 15.4. The maximum atomic E-state index is 6.42. The van der Waals surface area contributed by atoms with E-state index in [0.717, 1.165) is 42.0 Å². The summed E-state index contributed by atoms with van der Waals surface area (Å²) in [7, 11) is 0. The van der Waals surface area contributed by atoms with Gasteiger partial charge < -0.3 is 10.2 Å². The molecule has 20 heavy (non-hydrogen) atoms. The van der Waals surface area contributed by atoms with Crippen LogP contribution in [-0.2, 0) is 6.54 Å². The lowest BCUT2D eigenvalue weighted by molar-refractivity contribution is 0.424. The molecule has 0 aromatic carbocycles. The van der Waals surface area contributed by atoms with Gasteiger partial charge in [-0.2, -0.15) is 0 Å². The summed E-state index contributed by atoms with van der Waals surface area (Å²) >= 11 is 6.42. The Bertz CT molecular complexity index is 450. The van der Waals surface area contributed by atoms with Gasteiger partial charge in [-0.05, 0) is 58.1 Å². The van der Waals surface area contributed by atoms with E-state index in [4.69, 9.17) is 11.6 Å². The summed E-state index contributed by atoms with van der Waals surface area (Å²) in [6.45, 7) is 11.5. The first-order valence-corrected chi connectivity index (χ1v) is 7.91. The fourth-order valence-corrected chi connectivity index (χ4v) is 2.45. The van der Waals surface area contributed by atoms with Crippen molar-refractivity contribution >= 4 is 17.4 Å². The summed E-state index contributed by atoms with van der Waals surface area (Å²) in [5.41, 5.74) is 1.24. The summed E-state index contributed by atoms with van der Waals surface area (Å²) in [5, 5.41) is 4.22. The van der Waals surface area contributed by atoms with Gasteiger partial charge in [-0.15, -0.1) is 0 Å². The van der Waals surface area contributed by atoms with E-state index >= 15 is 0 Å². The number of hydrogen-bond donors (Lipinski definition) is 1. The van der Waals surface area contributed by atoms with Gasteiger partial charge in [0.2, 0.25) is 0 Å². The predicted molar refractivity (Wildman–Crippen MR) is 86.5 cm³/mol. The van der Waals surface area contributed by atoms with Crippen LogP contribution in [0.1, 0.15) is 46.1 Å². The molecule has 0 bridgehead atoms. The Kier molecular flexibility index (Phi) is 4.92. The summed E-state index contributed by atoms with van der Waals surface area (Å²) in [6.07, 6.45) is 4.64. The first-order valence-electron chi connectivity index (χ1n) is 7.53. The third kappa shape index (κ3) is 4.64. The molecular weight excluding hydrogens is 270 g/mol. The van der Waals surface area contributed by atoms with Crippen molar-refractivity contribution in [1.29, 1.82) is 0 Å². The highest BCUT2D eigenvalue weighted by Crippen LogP contribution is 2.33. The third-order valence-corrected chi connectivity index (χ3v) is 3.84. The summed E-state index contributed by atoms with van der Waals surface area (Å²) in [4.78, 5) is 6.88. The number of nitrogens with one attached hydrogen (secondary N) is 1. The molecule has 0 amide bonds. The molecule has 112 valence electrons. The minimum absolute atomic E-state index is 0.104. The molecule has 0 atom stereocenters. The molecule has 4 heteroatoms. The highest BCUT2D eigenvalue weighted by atomic mass is 35.5. The molecule has 1 N–H and O–H groups in total. The van der Waals surface area contributed by atoms with Crippen molar-refractivity contribution in [1.82, 2.24) is 10.3 Å². The fraction of sp³-hybridized carbons (Fsp3) is 0.688. The Hall–Kier alpha value is -0.800. The lowest BCUT2D eigenvalue weighted by Crippen LogP contribution is -2.35. The number of rotatable bonds is 6. The van der Waals surface area contributed by atoms with Gasteiger partial charge in [0.25, 0.3) is 0 Å². The number of halogens is 1. The van der Waals surface area contributed by atoms with Crippen LogP contribution >= 0.6 is 11.6 Å². The van der Waals surface area contributed by atoms with Crippen molar-refractivity contribution in [2.24, 2.45) is 5.92 Å². The lowest BCUT2D eigenvalue weighted by atomic mass is 10.1. The minimum atomic E-state index is 0.104. The standard InChI is InChI=1S/C16H26ClN3/c1-5-20(11-12-6-7-12)15-14(17)8-13(9-18-15)10-19-16(2,3)4/h8-9,12,19H,5-7,10-11H2,1-4H3. The first kappa shape index (κ1) is 15.6. The Morgan fingerprint density at radius 2 is 2.10 bits per heavy atom. The topological polar surface area (TPSA) is 28.2 Å². The Morgan fingerprint density at radius 3 is 2.60 bits per heavy atom. The fourth-order valence-electron chi connectivity index (χ4n) is 2.14. The second kappa shape index (κ2) is 6.31. The molecule has 1 saturated carbocycles. The van der Waals surface area contributed by atoms with Crippen LogP contribution in [0.5, 0.6) is 0 Å². The molecule has 0 aliphatic heterocycles. The van der Waals surface area contributed by atoms with Crippen molar-refractivity contribution in [3.63, 3.8) is 0 Å². The average Bonchev–Trinajstić information content (AvgIpc) is 3.17. The maximum absolute atomic E-state index is 6.42. The summed E-state index contributed by atoms with van der Waals surface area (Å²) in [6, 6.07) is 2.04. The molecule has 1 aliphatic carbocycles. The number of pyridine rings is 1. The van der Waals surface area contributed by atoms with Crippen LogP contribution in [0.3, 0.4) is 0 Å². The lowest BCUT2D eigenvalue weighted by Gasteiger charge is -2.24. The number of nitrogens with zero attached hydrogens (tertiary/aromatic N) is 2. The number of aromatic nitrogens is 1. The van der Waals surface area contributed by atoms with Crippen LogP contribution in [-0.4, -0.2) is 23.6 Å². The molecule has 0 unspecified atom stereocenters. The summed E-state index contributed by atoms with van der Waals surface area (Å²) in [5.74, 6) is 1.77. The number of anilines is 1. The van der Waals surface area contributed by atoms with E-state index in [9.17, 15) is 0 Å². The molecule has 2 rings (SSSR count). The van der Waals surface area contributed by atoms with Gasteiger partial charge in [0, 0.05) is 31.4 Å². The van der Waals surface area contributed by atoms with Gasteiger partial charge in [-0.1, -0.05) is 11.6 Å². The van der Waals surface area contributed by atoms with E-state index in [0.29, 0.717) is 0 Å². The molecule has 1 aromatic rings. The molecule has 1 fully saturated rings. The van der Waals surface area contributed by atoms with E-state index in [1.54, 1.807) is 0 Å². The van der Waals surface area contributed by atoms with Gasteiger partial charge in [-0.3, -0.25) is 0 Å². The quantitative estimate of drug-likeness (QED) is 0.864. The van der Waals surface area contributed by atoms with Crippen LogP contribution in [0.4, 0.5) is 5.82 Å². The van der Waals surface area contributed by atoms with Crippen LogP contribution in [0.2, 0.25) is 5.02 Å². The molecule has 1 aliphatic rings. The molecule has 1 heterocycles. The highest BCUT2D eigenvalue weighted by Gasteiger charge is 2.25. The molecular formula is C16H26ClN3. The van der Waals surface area contributed by atoms with Crippen LogP contribution < -0.4 is 10.2 Å². The Morgan fingerprint density at radius 1 is 1.40 bits per heavy atom. The van der Waals surface area contributed by atoms with Gasteiger partial charge >= 0.3 is 0 Å². The maximum Gasteiger partial charge on any atom is 0.147 e. The smallest absolute Gasteiger partial charge is 0.147 e. The van der Waals surface area contributed by atoms with Crippen molar-refractivity contribution in [3.05, 3.63) is 22.8 Å². The molecule has 0 saturated heterocycles. The van der Waals surface area contributed by atoms with Crippen LogP contribution in [0.15, 0.2) is 12.3 Å². The monoisotopic (exact) mass is 295 g/mol. The van der Waals surface area contributed by atoms with Crippen LogP contribution in [0, 0.1) is 5.92 Å².